The number of nitrogens with zero attached hydrogens (tertiary/aromatic N) is 2. The molecule has 0 aliphatic carbocycles. The molecule has 2 aliphatic rings. The predicted molar refractivity (Wildman–Crippen MR) is 89.6 cm³/mol. The van der Waals surface area contributed by atoms with E-state index in [4.69, 9.17) is 0 Å². The van der Waals surface area contributed by atoms with Gasteiger partial charge < -0.3 is 4.90 Å². The molecule has 0 unspecified atom stereocenters. The van der Waals surface area contributed by atoms with Crippen LogP contribution in [0.25, 0.3) is 10.8 Å². The third-order valence-corrected chi connectivity index (χ3v) is 4.94. The highest BCUT2D eigenvalue weighted by atomic mass is 16.2. The smallest absolute Gasteiger partial charge is 0.261 e. The summed E-state index contributed by atoms with van der Waals surface area (Å²) in [5, 5.41) is 1.76. The molecule has 0 bridgehead atoms. The predicted octanol–water partition coefficient (Wildman–Crippen LogP) is 2.92. The zero-order valence-corrected chi connectivity index (χ0v) is 13.1. The van der Waals surface area contributed by atoms with E-state index in [-0.39, 0.29) is 11.8 Å². The van der Waals surface area contributed by atoms with Crippen LogP contribution in [0.5, 0.6) is 0 Å². The molecule has 2 heterocycles. The lowest BCUT2D eigenvalue weighted by Gasteiger charge is -2.31. The molecule has 0 spiro atoms. The maximum absolute atomic E-state index is 12.8. The van der Waals surface area contributed by atoms with Gasteiger partial charge in [0, 0.05) is 29.6 Å². The molecule has 0 radical (unpaired) electrons. The van der Waals surface area contributed by atoms with Gasteiger partial charge >= 0.3 is 0 Å². The number of hydrogen-bond acceptors (Lipinski definition) is 3. The summed E-state index contributed by atoms with van der Waals surface area (Å²) in [6, 6.07) is 11.3. The molecule has 2 aromatic rings. The van der Waals surface area contributed by atoms with E-state index in [9.17, 15) is 9.59 Å². The summed E-state index contributed by atoms with van der Waals surface area (Å²) >= 11 is 0. The summed E-state index contributed by atoms with van der Waals surface area (Å²) in [5.74, 6) is -0.312. The number of benzene rings is 2. The maximum Gasteiger partial charge on any atom is 0.261 e. The van der Waals surface area contributed by atoms with E-state index in [1.807, 2.05) is 36.4 Å². The molecule has 0 saturated carbocycles. The van der Waals surface area contributed by atoms with Crippen molar-refractivity contribution >= 4 is 22.6 Å². The number of hydrogen-bond donors (Lipinski definition) is 0. The molecule has 0 atom stereocenters. The highest BCUT2D eigenvalue weighted by Crippen LogP contribution is 2.29. The standard InChI is InChI=1S/C19H20N2O2/c22-18-15-8-4-6-14-7-5-9-16(17(14)15)19(23)21(18)13-12-20-10-2-1-3-11-20/h4-9H,1-3,10-13H2. The van der Waals surface area contributed by atoms with Crippen LogP contribution in [0.1, 0.15) is 40.0 Å². The first-order valence-corrected chi connectivity index (χ1v) is 8.36. The monoisotopic (exact) mass is 308 g/mol. The first-order valence-electron chi connectivity index (χ1n) is 8.36. The van der Waals surface area contributed by atoms with E-state index < -0.39 is 0 Å². The Bertz CT molecular complexity index is 727. The minimum Gasteiger partial charge on any atom is -0.302 e. The fraction of sp³-hybridized carbons (Fsp3) is 0.368. The fourth-order valence-corrected chi connectivity index (χ4v) is 3.71. The minimum absolute atomic E-state index is 0.156. The Labute approximate surface area is 135 Å². The molecule has 23 heavy (non-hydrogen) atoms. The highest BCUT2D eigenvalue weighted by molar-refractivity contribution is 6.25. The van der Waals surface area contributed by atoms with Crippen molar-refractivity contribution in [2.24, 2.45) is 0 Å². The van der Waals surface area contributed by atoms with Gasteiger partial charge in [-0.25, -0.2) is 0 Å². The number of likely N-dealkylation sites (tertiary alicyclic amines) is 1. The quantitative estimate of drug-likeness (QED) is 0.819. The largest absolute Gasteiger partial charge is 0.302 e. The number of carbonyl (C=O) groups is 2. The van der Waals surface area contributed by atoms with Crippen molar-refractivity contribution in [2.45, 2.75) is 19.3 Å². The molecule has 1 saturated heterocycles. The first kappa shape index (κ1) is 14.4. The van der Waals surface area contributed by atoms with Gasteiger partial charge in [-0.1, -0.05) is 30.7 Å². The zero-order chi connectivity index (χ0) is 15.8. The summed E-state index contributed by atoms with van der Waals surface area (Å²) in [6.07, 6.45) is 3.71. The highest BCUT2D eigenvalue weighted by Gasteiger charge is 2.32. The first-order chi connectivity index (χ1) is 11.3. The van der Waals surface area contributed by atoms with Crippen LogP contribution in [-0.2, 0) is 0 Å². The van der Waals surface area contributed by atoms with Gasteiger partial charge in [0.25, 0.3) is 11.8 Å². The maximum atomic E-state index is 12.8. The second-order valence-electron chi connectivity index (χ2n) is 6.37. The molecule has 4 nitrogen and oxygen atoms in total. The van der Waals surface area contributed by atoms with E-state index in [2.05, 4.69) is 4.90 Å². The lowest BCUT2D eigenvalue weighted by atomic mass is 9.94. The Morgan fingerprint density at radius 3 is 2.00 bits per heavy atom. The van der Waals surface area contributed by atoms with Gasteiger partial charge in [0.2, 0.25) is 0 Å². The number of rotatable bonds is 3. The van der Waals surface area contributed by atoms with Gasteiger partial charge in [0.05, 0.1) is 0 Å². The molecular formula is C19H20N2O2. The van der Waals surface area contributed by atoms with Crippen LogP contribution in [0.2, 0.25) is 0 Å². The van der Waals surface area contributed by atoms with Gasteiger partial charge in [-0.2, -0.15) is 0 Å². The van der Waals surface area contributed by atoms with E-state index in [0.29, 0.717) is 17.7 Å². The molecule has 118 valence electrons. The second-order valence-corrected chi connectivity index (χ2v) is 6.37. The third-order valence-electron chi connectivity index (χ3n) is 4.94. The SMILES string of the molecule is O=C1c2cccc3cccc(c23)C(=O)N1CCN1CCCCC1. The fourth-order valence-electron chi connectivity index (χ4n) is 3.71. The summed E-state index contributed by atoms with van der Waals surface area (Å²) in [4.78, 5) is 29.3. The van der Waals surface area contributed by atoms with E-state index >= 15 is 0 Å². The van der Waals surface area contributed by atoms with Gasteiger partial charge in [0.1, 0.15) is 0 Å². The summed E-state index contributed by atoms with van der Waals surface area (Å²) in [7, 11) is 0. The molecule has 4 heteroatoms. The van der Waals surface area contributed by atoms with Gasteiger partial charge in [0.15, 0.2) is 0 Å². The molecule has 2 amide bonds. The molecule has 1 fully saturated rings. The van der Waals surface area contributed by atoms with Crippen LogP contribution in [0.4, 0.5) is 0 Å². The van der Waals surface area contributed by atoms with Gasteiger partial charge in [-0.15, -0.1) is 0 Å². The van der Waals surface area contributed by atoms with Crippen molar-refractivity contribution < 1.29 is 9.59 Å². The molecular weight excluding hydrogens is 288 g/mol. The van der Waals surface area contributed by atoms with Crippen LogP contribution in [0, 0.1) is 0 Å². The number of amides is 2. The number of piperidine rings is 1. The molecule has 0 N–H and O–H groups in total. The van der Waals surface area contributed by atoms with E-state index in [1.165, 1.54) is 24.2 Å². The zero-order valence-electron chi connectivity index (χ0n) is 13.1. The lowest BCUT2D eigenvalue weighted by Crippen LogP contribution is -2.45. The van der Waals surface area contributed by atoms with Crippen LogP contribution in [0.15, 0.2) is 36.4 Å². The Morgan fingerprint density at radius 1 is 0.783 bits per heavy atom. The van der Waals surface area contributed by atoms with Crippen molar-refractivity contribution in [2.75, 3.05) is 26.2 Å². The van der Waals surface area contributed by atoms with Gasteiger partial charge in [-0.3, -0.25) is 14.5 Å². The van der Waals surface area contributed by atoms with E-state index in [1.54, 1.807) is 0 Å². The number of imide groups is 1. The minimum atomic E-state index is -0.156. The molecule has 0 aromatic heterocycles. The van der Waals surface area contributed by atoms with Gasteiger partial charge in [-0.05, 0) is 43.5 Å². The lowest BCUT2D eigenvalue weighted by molar-refractivity contribution is 0.0588. The van der Waals surface area contributed by atoms with Crippen LogP contribution in [0.3, 0.4) is 0 Å². The third kappa shape index (κ3) is 2.43. The van der Waals surface area contributed by atoms with Crippen molar-refractivity contribution in [3.8, 4) is 0 Å². The molecule has 4 rings (SSSR count). The Morgan fingerprint density at radius 2 is 1.39 bits per heavy atom. The van der Waals surface area contributed by atoms with Crippen LogP contribution in [-0.4, -0.2) is 47.8 Å². The van der Waals surface area contributed by atoms with E-state index in [0.717, 1.165) is 30.4 Å². The second kappa shape index (κ2) is 5.78. The molecule has 2 aromatic carbocycles. The normalized spacial score (nSPS) is 18.7. The Kier molecular flexibility index (Phi) is 3.62. The summed E-state index contributed by atoms with van der Waals surface area (Å²) < 4.78 is 0. The topological polar surface area (TPSA) is 40.6 Å². The van der Waals surface area contributed by atoms with Crippen molar-refractivity contribution in [1.29, 1.82) is 0 Å². The Hall–Kier alpha value is -2.20. The van der Waals surface area contributed by atoms with Crippen molar-refractivity contribution in [3.05, 3.63) is 47.5 Å². The number of carbonyl (C=O) groups excluding carboxylic acids is 2. The molecule has 2 aliphatic heterocycles. The van der Waals surface area contributed by atoms with Crippen LogP contribution >= 0.6 is 0 Å². The summed E-state index contributed by atoms with van der Waals surface area (Å²) in [6.45, 7) is 3.39. The van der Waals surface area contributed by atoms with Crippen molar-refractivity contribution in [3.63, 3.8) is 0 Å². The average Bonchev–Trinajstić information content (AvgIpc) is 2.60. The summed E-state index contributed by atoms with van der Waals surface area (Å²) in [5.41, 5.74) is 1.30. The Balaban J connectivity index is 1.63. The van der Waals surface area contributed by atoms with Crippen LogP contribution < -0.4 is 0 Å². The average molecular weight is 308 g/mol. The van der Waals surface area contributed by atoms with Crippen molar-refractivity contribution in [1.82, 2.24) is 9.80 Å².